The second-order valence-electron chi connectivity index (χ2n) is 2.82. The summed E-state index contributed by atoms with van der Waals surface area (Å²) in [6.45, 7) is 1.52. The molecule has 0 aromatic heterocycles. The van der Waals surface area contributed by atoms with Gasteiger partial charge in [-0.25, -0.2) is 0 Å². The molecule has 0 fully saturated rings. The Morgan fingerprint density at radius 2 is 2.21 bits per heavy atom. The lowest BCUT2D eigenvalue weighted by molar-refractivity contribution is -0.116. The number of hydrogen-bond donors (Lipinski definition) is 0. The fraction of sp³-hybridized carbons (Fsp3) is 0.200. The molecule has 0 aliphatic heterocycles. The van der Waals surface area contributed by atoms with Crippen molar-refractivity contribution in [3.05, 3.63) is 33.8 Å². The SMILES string of the molecule is CC(=O)C(Br)c1ccc(C#N)c(Br)c1. The molecule has 0 radical (unpaired) electrons. The molecule has 0 saturated heterocycles. The molecule has 0 aliphatic rings. The summed E-state index contributed by atoms with van der Waals surface area (Å²) in [5.74, 6) is 0.0432. The lowest BCUT2D eigenvalue weighted by Crippen LogP contribution is -2.00. The van der Waals surface area contributed by atoms with E-state index >= 15 is 0 Å². The first-order valence-corrected chi connectivity index (χ1v) is 5.61. The number of Topliss-reactive ketones (excluding diaryl/α,β-unsaturated/α-hetero) is 1. The molecule has 1 rings (SSSR count). The van der Waals surface area contributed by atoms with Crippen LogP contribution in [-0.4, -0.2) is 5.78 Å². The fourth-order valence-electron chi connectivity index (χ4n) is 1.01. The van der Waals surface area contributed by atoms with Gasteiger partial charge in [0.2, 0.25) is 0 Å². The summed E-state index contributed by atoms with van der Waals surface area (Å²) < 4.78 is 0.711. The molecule has 1 aromatic carbocycles. The smallest absolute Gasteiger partial charge is 0.147 e. The van der Waals surface area contributed by atoms with Crippen molar-refractivity contribution in [3.8, 4) is 6.07 Å². The fourth-order valence-corrected chi connectivity index (χ4v) is 1.78. The average Bonchev–Trinajstić information content (AvgIpc) is 2.16. The molecule has 1 atom stereocenters. The van der Waals surface area contributed by atoms with Crippen molar-refractivity contribution < 1.29 is 4.79 Å². The minimum atomic E-state index is -0.299. The van der Waals surface area contributed by atoms with Crippen LogP contribution in [-0.2, 0) is 4.79 Å². The van der Waals surface area contributed by atoms with Gasteiger partial charge in [0.05, 0.1) is 10.4 Å². The van der Waals surface area contributed by atoms with Crippen LogP contribution in [0, 0.1) is 11.3 Å². The van der Waals surface area contributed by atoms with Crippen molar-refractivity contribution in [1.82, 2.24) is 0 Å². The van der Waals surface area contributed by atoms with Gasteiger partial charge in [0.1, 0.15) is 11.9 Å². The van der Waals surface area contributed by atoms with E-state index in [4.69, 9.17) is 5.26 Å². The Balaban J connectivity index is 3.10. The highest BCUT2D eigenvalue weighted by Crippen LogP contribution is 2.27. The number of ketones is 1. The predicted molar refractivity (Wildman–Crippen MR) is 61.2 cm³/mol. The quantitative estimate of drug-likeness (QED) is 0.785. The molecule has 72 valence electrons. The molecule has 2 nitrogen and oxygen atoms in total. The molecule has 14 heavy (non-hydrogen) atoms. The molecule has 1 unspecified atom stereocenters. The molecule has 1 aromatic rings. The van der Waals surface area contributed by atoms with Crippen LogP contribution in [0.25, 0.3) is 0 Å². The van der Waals surface area contributed by atoms with E-state index in [1.807, 2.05) is 6.07 Å². The first-order chi connectivity index (χ1) is 6.56. The Morgan fingerprint density at radius 3 is 2.64 bits per heavy atom. The molecule has 0 saturated carbocycles. The summed E-state index contributed by atoms with van der Waals surface area (Å²) in [6, 6.07) is 7.28. The van der Waals surface area contributed by atoms with Crippen LogP contribution in [0.4, 0.5) is 0 Å². The van der Waals surface area contributed by atoms with Crippen LogP contribution < -0.4 is 0 Å². The Hall–Kier alpha value is -0.660. The number of nitrogens with zero attached hydrogens (tertiary/aromatic N) is 1. The monoisotopic (exact) mass is 315 g/mol. The average molecular weight is 317 g/mol. The maximum atomic E-state index is 11.1. The van der Waals surface area contributed by atoms with Crippen LogP contribution in [0.2, 0.25) is 0 Å². The van der Waals surface area contributed by atoms with Crippen molar-refractivity contribution >= 4 is 37.6 Å². The summed E-state index contributed by atoms with van der Waals surface area (Å²) in [4.78, 5) is 10.8. The summed E-state index contributed by atoms with van der Waals surface area (Å²) in [7, 11) is 0. The highest BCUT2D eigenvalue weighted by Gasteiger charge is 2.13. The second kappa shape index (κ2) is 4.72. The molecule has 0 spiro atoms. The summed E-state index contributed by atoms with van der Waals surface area (Å²) in [5.41, 5.74) is 1.42. The highest BCUT2D eigenvalue weighted by molar-refractivity contribution is 9.10. The van der Waals surface area contributed by atoms with Crippen molar-refractivity contribution in [3.63, 3.8) is 0 Å². The molecular weight excluding hydrogens is 310 g/mol. The predicted octanol–water partition coefficient (Wildman–Crippen LogP) is 3.35. The highest BCUT2D eigenvalue weighted by atomic mass is 79.9. The number of benzene rings is 1. The van der Waals surface area contributed by atoms with Gasteiger partial charge in [-0.2, -0.15) is 5.26 Å². The van der Waals surface area contributed by atoms with Crippen molar-refractivity contribution in [1.29, 1.82) is 5.26 Å². The largest absolute Gasteiger partial charge is 0.298 e. The maximum Gasteiger partial charge on any atom is 0.147 e. The zero-order valence-corrected chi connectivity index (χ0v) is 10.6. The molecular formula is C10H7Br2NO. The van der Waals surface area contributed by atoms with Crippen molar-refractivity contribution in [2.75, 3.05) is 0 Å². The summed E-state index contributed by atoms with van der Waals surface area (Å²) in [6.07, 6.45) is 0. The normalized spacial score (nSPS) is 11.9. The van der Waals surface area contributed by atoms with E-state index in [9.17, 15) is 4.79 Å². The molecule has 0 bridgehead atoms. The number of carbonyl (C=O) groups is 1. The van der Waals surface area contributed by atoms with E-state index in [0.717, 1.165) is 5.56 Å². The number of halogens is 2. The van der Waals surface area contributed by atoms with Gasteiger partial charge in [-0.3, -0.25) is 4.79 Å². The molecule has 0 amide bonds. The van der Waals surface area contributed by atoms with Gasteiger partial charge < -0.3 is 0 Å². The van der Waals surface area contributed by atoms with E-state index in [-0.39, 0.29) is 10.6 Å². The van der Waals surface area contributed by atoms with Gasteiger partial charge in [0.25, 0.3) is 0 Å². The van der Waals surface area contributed by atoms with Crippen molar-refractivity contribution in [2.45, 2.75) is 11.8 Å². The van der Waals surface area contributed by atoms with Gasteiger partial charge in [-0.1, -0.05) is 22.0 Å². The van der Waals surface area contributed by atoms with Crippen LogP contribution >= 0.6 is 31.9 Å². The van der Waals surface area contributed by atoms with E-state index in [1.54, 1.807) is 18.2 Å². The number of rotatable bonds is 2. The minimum absolute atomic E-state index is 0.0432. The third kappa shape index (κ3) is 2.43. The Morgan fingerprint density at radius 1 is 1.57 bits per heavy atom. The van der Waals surface area contributed by atoms with E-state index < -0.39 is 0 Å². The topological polar surface area (TPSA) is 40.9 Å². The molecule has 0 aliphatic carbocycles. The van der Waals surface area contributed by atoms with E-state index in [1.165, 1.54) is 6.92 Å². The van der Waals surface area contributed by atoms with Gasteiger partial charge in [0, 0.05) is 4.47 Å². The van der Waals surface area contributed by atoms with Crippen LogP contribution in [0.5, 0.6) is 0 Å². The number of nitriles is 1. The summed E-state index contributed by atoms with van der Waals surface area (Å²) in [5, 5.41) is 8.70. The zero-order chi connectivity index (χ0) is 10.7. The van der Waals surface area contributed by atoms with Gasteiger partial charge in [-0.05, 0) is 40.5 Å². The van der Waals surface area contributed by atoms with Gasteiger partial charge in [-0.15, -0.1) is 0 Å². The first kappa shape index (κ1) is 11.4. The lowest BCUT2D eigenvalue weighted by Gasteiger charge is -2.06. The third-order valence-corrected chi connectivity index (χ3v) is 3.59. The Labute approximate surface area is 99.2 Å². The lowest BCUT2D eigenvalue weighted by atomic mass is 10.1. The minimum Gasteiger partial charge on any atom is -0.298 e. The number of alkyl halides is 1. The molecule has 0 N–H and O–H groups in total. The van der Waals surface area contributed by atoms with Crippen LogP contribution in [0.15, 0.2) is 22.7 Å². The second-order valence-corrected chi connectivity index (χ2v) is 4.59. The molecule has 4 heteroatoms. The standard InChI is InChI=1S/C10H7Br2NO/c1-6(14)10(12)7-2-3-8(5-13)9(11)4-7/h2-4,10H,1H3. The number of hydrogen-bond acceptors (Lipinski definition) is 2. The van der Waals surface area contributed by atoms with Crippen molar-refractivity contribution in [2.24, 2.45) is 0 Å². The third-order valence-electron chi connectivity index (χ3n) is 1.76. The van der Waals surface area contributed by atoms with E-state index in [2.05, 4.69) is 31.9 Å². The maximum absolute atomic E-state index is 11.1. The first-order valence-electron chi connectivity index (χ1n) is 3.90. The van der Waals surface area contributed by atoms with Crippen LogP contribution in [0.1, 0.15) is 22.9 Å². The summed E-state index contributed by atoms with van der Waals surface area (Å²) >= 11 is 6.55. The number of carbonyl (C=O) groups excluding carboxylic acids is 1. The Kier molecular flexibility index (Phi) is 3.85. The van der Waals surface area contributed by atoms with Gasteiger partial charge in [0.15, 0.2) is 0 Å². The van der Waals surface area contributed by atoms with E-state index in [0.29, 0.717) is 10.0 Å². The van der Waals surface area contributed by atoms with Gasteiger partial charge >= 0.3 is 0 Å². The molecule has 0 heterocycles. The Bertz CT molecular complexity index is 409. The zero-order valence-electron chi connectivity index (χ0n) is 7.42. The van der Waals surface area contributed by atoms with Crippen LogP contribution in [0.3, 0.4) is 0 Å².